The molecule has 2 unspecified atom stereocenters. The van der Waals surface area contributed by atoms with Crippen LogP contribution in [0.5, 0.6) is 0 Å². The van der Waals surface area contributed by atoms with Gasteiger partial charge in [-0.2, -0.15) is 5.26 Å². The molecule has 2 fully saturated rings. The summed E-state index contributed by atoms with van der Waals surface area (Å²) in [5, 5.41) is 13.0. The molecule has 102 valence electrons. The predicted octanol–water partition coefficient (Wildman–Crippen LogP) is 2.67. The van der Waals surface area contributed by atoms with Crippen molar-refractivity contribution < 1.29 is 0 Å². The highest BCUT2D eigenvalue weighted by atomic mass is 15.2. The van der Waals surface area contributed by atoms with Gasteiger partial charge < -0.3 is 0 Å². The van der Waals surface area contributed by atoms with E-state index in [1.165, 1.54) is 38.6 Å². The van der Waals surface area contributed by atoms with E-state index in [0.29, 0.717) is 12.1 Å². The minimum Gasteiger partial charge on any atom is -0.298 e. The molecule has 2 aliphatic carbocycles. The van der Waals surface area contributed by atoms with Gasteiger partial charge in [-0.1, -0.05) is 6.92 Å². The molecular weight excluding hydrogens is 222 g/mol. The molecule has 1 N–H and O–H groups in total. The van der Waals surface area contributed by atoms with Gasteiger partial charge >= 0.3 is 0 Å². The van der Waals surface area contributed by atoms with Crippen molar-refractivity contribution >= 4 is 0 Å². The second-order valence-electron chi connectivity index (χ2n) is 6.38. The summed E-state index contributed by atoms with van der Waals surface area (Å²) < 4.78 is 0. The summed E-state index contributed by atoms with van der Waals surface area (Å²) in [7, 11) is 0. The van der Waals surface area contributed by atoms with Crippen LogP contribution in [-0.4, -0.2) is 35.1 Å². The van der Waals surface area contributed by atoms with E-state index < -0.39 is 0 Å². The smallest absolute Gasteiger partial charge is 0.105 e. The molecule has 0 aromatic carbocycles. The molecule has 2 aliphatic rings. The van der Waals surface area contributed by atoms with Gasteiger partial charge in [-0.25, -0.2) is 0 Å². The third-order valence-corrected chi connectivity index (χ3v) is 4.11. The van der Waals surface area contributed by atoms with Crippen LogP contribution >= 0.6 is 0 Å². The number of nitrogens with one attached hydrogen (secondary N) is 1. The van der Waals surface area contributed by atoms with Gasteiger partial charge in [-0.05, 0) is 58.9 Å². The van der Waals surface area contributed by atoms with Crippen LogP contribution in [0.4, 0.5) is 0 Å². The predicted molar refractivity (Wildman–Crippen MR) is 74.3 cm³/mol. The van der Waals surface area contributed by atoms with Crippen molar-refractivity contribution in [2.75, 3.05) is 6.54 Å². The molecule has 0 amide bonds. The van der Waals surface area contributed by atoms with Gasteiger partial charge in [0.15, 0.2) is 0 Å². The number of rotatable bonds is 8. The molecule has 0 aromatic rings. The Balaban J connectivity index is 1.90. The maximum atomic E-state index is 9.45. The van der Waals surface area contributed by atoms with Crippen LogP contribution in [0.25, 0.3) is 0 Å². The lowest BCUT2D eigenvalue weighted by Gasteiger charge is -2.34. The highest BCUT2D eigenvalue weighted by Crippen LogP contribution is 2.32. The van der Waals surface area contributed by atoms with E-state index in [0.717, 1.165) is 12.5 Å². The van der Waals surface area contributed by atoms with E-state index in [9.17, 15) is 5.26 Å². The lowest BCUT2D eigenvalue weighted by Crippen LogP contribution is -2.48. The third-order valence-electron chi connectivity index (χ3n) is 4.11. The Morgan fingerprint density at radius 3 is 2.50 bits per heavy atom. The van der Waals surface area contributed by atoms with Crippen molar-refractivity contribution in [1.82, 2.24) is 10.2 Å². The molecule has 0 saturated heterocycles. The summed E-state index contributed by atoms with van der Waals surface area (Å²) in [5.41, 5.74) is -0.346. The van der Waals surface area contributed by atoms with Crippen LogP contribution < -0.4 is 5.32 Å². The van der Waals surface area contributed by atoms with E-state index in [1.807, 2.05) is 0 Å². The molecule has 0 aliphatic heterocycles. The molecule has 3 nitrogen and oxygen atoms in total. The van der Waals surface area contributed by atoms with Crippen LogP contribution in [0.3, 0.4) is 0 Å². The fourth-order valence-electron chi connectivity index (χ4n) is 2.95. The standard InChI is InChI=1S/C15H27N3/c1-4-9-18(14-7-8-14)12(2)10-15(3,11-16)17-13-5-6-13/h12-14,17H,4-10H2,1-3H3. The minimum absolute atomic E-state index is 0.346. The van der Waals surface area contributed by atoms with Crippen LogP contribution in [0, 0.1) is 11.3 Å². The summed E-state index contributed by atoms with van der Waals surface area (Å²) in [6.45, 7) is 7.78. The number of nitriles is 1. The fourth-order valence-corrected chi connectivity index (χ4v) is 2.95. The second-order valence-corrected chi connectivity index (χ2v) is 6.38. The van der Waals surface area contributed by atoms with Crippen LogP contribution in [0.15, 0.2) is 0 Å². The molecule has 0 heterocycles. The third kappa shape index (κ3) is 3.70. The number of hydrogen-bond acceptors (Lipinski definition) is 3. The fraction of sp³-hybridized carbons (Fsp3) is 0.933. The topological polar surface area (TPSA) is 39.1 Å². The molecular formula is C15H27N3. The van der Waals surface area contributed by atoms with E-state index in [-0.39, 0.29) is 5.54 Å². The van der Waals surface area contributed by atoms with Crippen molar-refractivity contribution in [2.24, 2.45) is 0 Å². The van der Waals surface area contributed by atoms with Gasteiger partial charge in [-0.15, -0.1) is 0 Å². The molecule has 0 spiro atoms. The van der Waals surface area contributed by atoms with Gasteiger partial charge in [0.25, 0.3) is 0 Å². The Morgan fingerprint density at radius 1 is 1.39 bits per heavy atom. The number of hydrogen-bond donors (Lipinski definition) is 1. The van der Waals surface area contributed by atoms with Gasteiger partial charge in [0, 0.05) is 18.1 Å². The van der Waals surface area contributed by atoms with Crippen molar-refractivity contribution in [3.05, 3.63) is 0 Å². The first kappa shape index (κ1) is 13.8. The van der Waals surface area contributed by atoms with Gasteiger partial charge in [0.1, 0.15) is 5.54 Å². The monoisotopic (exact) mass is 249 g/mol. The van der Waals surface area contributed by atoms with E-state index in [4.69, 9.17) is 0 Å². The Kier molecular flexibility index (Phi) is 4.29. The lowest BCUT2D eigenvalue weighted by atomic mass is 9.94. The largest absolute Gasteiger partial charge is 0.298 e. The molecule has 2 atom stereocenters. The molecule has 3 heteroatoms. The average Bonchev–Trinajstić information content (AvgIpc) is 3.19. The summed E-state index contributed by atoms with van der Waals surface area (Å²) in [4.78, 5) is 2.62. The van der Waals surface area contributed by atoms with Crippen LogP contribution in [0.2, 0.25) is 0 Å². The highest BCUT2D eigenvalue weighted by Gasteiger charge is 2.37. The molecule has 18 heavy (non-hydrogen) atoms. The second kappa shape index (κ2) is 5.59. The van der Waals surface area contributed by atoms with E-state index >= 15 is 0 Å². The first-order valence-electron chi connectivity index (χ1n) is 7.52. The van der Waals surface area contributed by atoms with Gasteiger partial charge in [0.05, 0.1) is 6.07 Å². The first-order chi connectivity index (χ1) is 8.58. The SMILES string of the molecule is CCCN(C(C)CC(C)(C#N)NC1CC1)C1CC1. The number of nitrogens with zero attached hydrogens (tertiary/aromatic N) is 2. The van der Waals surface area contributed by atoms with Crippen molar-refractivity contribution in [3.63, 3.8) is 0 Å². The highest BCUT2D eigenvalue weighted by molar-refractivity contribution is 5.09. The summed E-state index contributed by atoms with van der Waals surface area (Å²) >= 11 is 0. The van der Waals surface area contributed by atoms with Crippen LogP contribution in [-0.2, 0) is 0 Å². The average molecular weight is 249 g/mol. The summed E-state index contributed by atoms with van der Waals surface area (Å²) in [5.74, 6) is 0. The molecule has 0 bridgehead atoms. The zero-order chi connectivity index (χ0) is 13.2. The molecule has 2 rings (SSSR count). The molecule has 2 saturated carbocycles. The van der Waals surface area contributed by atoms with Crippen molar-refractivity contribution in [1.29, 1.82) is 5.26 Å². The maximum Gasteiger partial charge on any atom is 0.105 e. The zero-order valence-corrected chi connectivity index (χ0v) is 12.1. The quantitative estimate of drug-likeness (QED) is 0.719. The van der Waals surface area contributed by atoms with Crippen LogP contribution in [0.1, 0.15) is 59.3 Å². The van der Waals surface area contributed by atoms with Crippen molar-refractivity contribution in [2.45, 2.75) is 83.0 Å². The summed E-state index contributed by atoms with van der Waals surface area (Å²) in [6.07, 6.45) is 7.34. The zero-order valence-electron chi connectivity index (χ0n) is 12.1. The minimum atomic E-state index is -0.346. The first-order valence-corrected chi connectivity index (χ1v) is 7.52. The Morgan fingerprint density at radius 2 is 2.06 bits per heavy atom. The molecule has 0 aromatic heterocycles. The van der Waals surface area contributed by atoms with Gasteiger partial charge in [0.2, 0.25) is 0 Å². The van der Waals surface area contributed by atoms with E-state index in [1.54, 1.807) is 0 Å². The van der Waals surface area contributed by atoms with E-state index in [2.05, 4.69) is 37.1 Å². The lowest BCUT2D eigenvalue weighted by molar-refractivity contribution is 0.167. The normalized spacial score (nSPS) is 24.6. The summed E-state index contributed by atoms with van der Waals surface area (Å²) in [6, 6.07) is 4.40. The molecule has 0 radical (unpaired) electrons. The Hall–Kier alpha value is -0.590. The maximum absolute atomic E-state index is 9.45. The Bertz CT molecular complexity index is 314. The van der Waals surface area contributed by atoms with Gasteiger partial charge in [-0.3, -0.25) is 10.2 Å². The Labute approximate surface area is 112 Å². The van der Waals surface area contributed by atoms with Crippen molar-refractivity contribution in [3.8, 4) is 6.07 Å².